The van der Waals surface area contributed by atoms with Gasteiger partial charge in [0.15, 0.2) is 0 Å². The highest BCUT2D eigenvalue weighted by molar-refractivity contribution is 7.80. The van der Waals surface area contributed by atoms with Crippen LogP contribution in [0.25, 0.3) is 0 Å². The maximum Gasteiger partial charge on any atom is 0.418 e. The summed E-state index contributed by atoms with van der Waals surface area (Å²) in [6.07, 6.45) is 2.94. The molecule has 1 aromatic heterocycles. The lowest BCUT2D eigenvalue weighted by Gasteiger charge is -2.29. The zero-order valence-corrected chi connectivity index (χ0v) is 12.4. The molecule has 2 aliphatic rings. The van der Waals surface area contributed by atoms with Crippen LogP contribution in [0.2, 0.25) is 0 Å². The second kappa shape index (κ2) is 5.46. The van der Waals surface area contributed by atoms with Gasteiger partial charge in [0.05, 0.1) is 24.3 Å². The number of piperidine rings is 1. The molecule has 0 aromatic carbocycles. The number of hydroxylamine groups is 2. The van der Waals surface area contributed by atoms with Crippen molar-refractivity contribution < 1.29 is 22.0 Å². The number of carbonyl (C=O) groups excluding carboxylic acids is 1. The molecule has 1 aromatic rings. The molecule has 22 heavy (non-hydrogen) atoms. The lowest BCUT2D eigenvalue weighted by atomic mass is 10.0. The lowest BCUT2D eigenvalue weighted by Crippen LogP contribution is -2.42. The topological polar surface area (TPSA) is 144 Å². The number of nitrogens with zero attached hydrogens (tertiary/aromatic N) is 5. The van der Waals surface area contributed by atoms with E-state index in [1.54, 1.807) is 10.9 Å². The minimum atomic E-state index is -4.72. The predicted octanol–water partition coefficient (Wildman–Crippen LogP) is -1.26. The van der Waals surface area contributed by atoms with Crippen molar-refractivity contribution in [3.63, 3.8) is 0 Å². The molecule has 3 N–H and O–H groups in total. The highest BCUT2D eigenvalue weighted by Crippen LogP contribution is 2.31. The zero-order chi connectivity index (χ0) is 15.9. The summed E-state index contributed by atoms with van der Waals surface area (Å²) < 4.78 is 36.4. The molecule has 0 radical (unpaired) electrons. The van der Waals surface area contributed by atoms with Gasteiger partial charge in [-0.05, 0) is 12.8 Å². The van der Waals surface area contributed by atoms with Crippen molar-refractivity contribution >= 4 is 16.4 Å². The molecule has 0 aliphatic carbocycles. The third-order valence-corrected chi connectivity index (χ3v) is 4.16. The van der Waals surface area contributed by atoms with E-state index in [1.165, 1.54) is 4.90 Å². The first-order valence-electron chi connectivity index (χ1n) is 6.73. The summed E-state index contributed by atoms with van der Waals surface area (Å²) in [5, 5.41) is 8.54. The molecule has 0 spiro atoms. The van der Waals surface area contributed by atoms with Crippen LogP contribution in [0, 0.1) is 0 Å². The third-order valence-electron chi connectivity index (χ3n) is 3.81. The molecule has 2 saturated heterocycles. The molecule has 2 amide bonds. The highest BCUT2D eigenvalue weighted by Gasteiger charge is 2.47. The van der Waals surface area contributed by atoms with Gasteiger partial charge in [-0.3, -0.25) is 9.23 Å². The third kappa shape index (κ3) is 2.90. The maximum atomic E-state index is 12.2. The number of hydrogen-bond donors (Lipinski definition) is 2. The van der Waals surface area contributed by atoms with Gasteiger partial charge in [0.25, 0.3) is 0 Å². The summed E-state index contributed by atoms with van der Waals surface area (Å²) in [4.78, 5) is 13.7. The van der Waals surface area contributed by atoms with Crippen molar-refractivity contribution in [2.24, 2.45) is 5.73 Å². The first-order valence-corrected chi connectivity index (χ1v) is 8.10. The minimum Gasteiger partial charge on any atom is -0.325 e. The van der Waals surface area contributed by atoms with Crippen molar-refractivity contribution in [1.82, 2.24) is 25.0 Å². The summed E-state index contributed by atoms with van der Waals surface area (Å²) in [7, 11) is -4.72. The fourth-order valence-corrected chi connectivity index (χ4v) is 3.23. The fourth-order valence-electron chi connectivity index (χ4n) is 2.84. The van der Waals surface area contributed by atoms with Crippen molar-refractivity contribution in [3.8, 4) is 0 Å². The highest BCUT2D eigenvalue weighted by atomic mass is 32.3. The molecule has 12 heteroatoms. The van der Waals surface area contributed by atoms with Crippen LogP contribution < -0.4 is 5.73 Å². The Hall–Kier alpha value is -1.76. The Morgan fingerprint density at radius 1 is 1.45 bits per heavy atom. The van der Waals surface area contributed by atoms with E-state index in [0.29, 0.717) is 31.6 Å². The molecule has 0 saturated carbocycles. The van der Waals surface area contributed by atoms with Gasteiger partial charge in [-0.25, -0.2) is 4.79 Å². The largest absolute Gasteiger partial charge is 0.418 e. The first kappa shape index (κ1) is 15.1. The molecule has 11 nitrogen and oxygen atoms in total. The monoisotopic (exact) mass is 332 g/mol. The van der Waals surface area contributed by atoms with E-state index in [0.717, 1.165) is 5.06 Å². The van der Waals surface area contributed by atoms with Crippen LogP contribution in [0.4, 0.5) is 4.79 Å². The van der Waals surface area contributed by atoms with Crippen molar-refractivity contribution in [1.29, 1.82) is 0 Å². The number of nitrogens with two attached hydrogens (primary N) is 1. The normalized spacial score (nSPS) is 25.1. The van der Waals surface area contributed by atoms with Gasteiger partial charge >= 0.3 is 16.4 Å². The number of carbonyl (C=O) groups is 1. The Balaban J connectivity index is 1.71. The van der Waals surface area contributed by atoms with Gasteiger partial charge in [0.1, 0.15) is 0 Å². The molecular formula is C10H16N6O5S. The number of fused-ring (bicyclic) bond motifs is 2. The van der Waals surface area contributed by atoms with E-state index in [2.05, 4.69) is 14.6 Å². The van der Waals surface area contributed by atoms with Crippen molar-refractivity contribution in [2.45, 2.75) is 38.0 Å². The molecule has 3 heterocycles. The van der Waals surface area contributed by atoms with Gasteiger partial charge in [-0.15, -0.1) is 9.38 Å². The second-order valence-corrected chi connectivity index (χ2v) is 6.29. The van der Waals surface area contributed by atoms with Crippen LogP contribution in [0.1, 0.15) is 18.5 Å². The Bertz CT molecular complexity index is 675. The van der Waals surface area contributed by atoms with E-state index in [4.69, 9.17) is 10.3 Å². The van der Waals surface area contributed by atoms with Gasteiger partial charge in [0, 0.05) is 19.3 Å². The van der Waals surface area contributed by atoms with Crippen molar-refractivity contribution in [3.05, 3.63) is 11.9 Å². The van der Waals surface area contributed by atoms with Gasteiger partial charge in [-0.2, -0.15) is 13.5 Å². The van der Waals surface area contributed by atoms with E-state index in [9.17, 15) is 13.2 Å². The Kier molecular flexibility index (Phi) is 3.76. The van der Waals surface area contributed by atoms with E-state index < -0.39 is 16.4 Å². The molecule has 3 rings (SSSR count). The molecular weight excluding hydrogens is 316 g/mol. The van der Waals surface area contributed by atoms with Crippen molar-refractivity contribution in [2.75, 3.05) is 6.54 Å². The second-order valence-electron chi connectivity index (χ2n) is 5.28. The Labute approximate surface area is 126 Å². The van der Waals surface area contributed by atoms with Crippen LogP contribution >= 0.6 is 0 Å². The molecule has 2 aliphatic heterocycles. The van der Waals surface area contributed by atoms with Crippen LogP contribution in [0.15, 0.2) is 6.20 Å². The zero-order valence-electron chi connectivity index (χ0n) is 11.6. The number of rotatable bonds is 5. The summed E-state index contributed by atoms with van der Waals surface area (Å²) in [5.41, 5.74) is 6.12. The average Bonchev–Trinajstić information content (AvgIpc) is 2.99. The molecule has 122 valence electrons. The molecule has 0 unspecified atom stereocenters. The molecule has 2 fully saturated rings. The number of aromatic nitrogens is 3. The standard InChI is InChI=1S/C10H16N6O5S/c11-3-7-4-14(13-12-7)5-8-1-2-9-6-15(8)10(17)16(9)21-22(18,19)20/h4,8-9H,1-3,5-6,11H2,(H,18,19,20)/t8-,9+/m0/s1. The summed E-state index contributed by atoms with van der Waals surface area (Å²) in [5.74, 6) is 0. The average molecular weight is 332 g/mol. The fraction of sp³-hybridized carbons (Fsp3) is 0.700. The first-order chi connectivity index (χ1) is 10.4. The Morgan fingerprint density at radius 3 is 2.86 bits per heavy atom. The van der Waals surface area contributed by atoms with Crippen LogP contribution in [-0.2, 0) is 27.8 Å². The summed E-state index contributed by atoms with van der Waals surface area (Å²) >= 11 is 0. The van der Waals surface area contributed by atoms with Crippen LogP contribution in [0.3, 0.4) is 0 Å². The Morgan fingerprint density at radius 2 is 2.23 bits per heavy atom. The van der Waals surface area contributed by atoms with Gasteiger partial charge < -0.3 is 10.6 Å². The summed E-state index contributed by atoms with van der Waals surface area (Å²) in [6, 6.07) is -1.11. The lowest BCUT2D eigenvalue weighted by molar-refractivity contribution is -0.0317. The number of urea groups is 1. The summed E-state index contributed by atoms with van der Waals surface area (Å²) in [6.45, 7) is 1.06. The molecule has 2 atom stereocenters. The smallest absolute Gasteiger partial charge is 0.325 e. The van der Waals surface area contributed by atoms with Crippen LogP contribution in [-0.4, -0.2) is 62.6 Å². The quantitative estimate of drug-likeness (QED) is 0.636. The number of hydrogen-bond acceptors (Lipinski definition) is 7. The van der Waals surface area contributed by atoms with E-state index in [1.807, 2.05) is 0 Å². The maximum absolute atomic E-state index is 12.2. The predicted molar refractivity (Wildman–Crippen MR) is 71.3 cm³/mol. The van der Waals surface area contributed by atoms with Gasteiger partial charge in [-0.1, -0.05) is 5.21 Å². The minimum absolute atomic E-state index is 0.147. The number of amides is 2. The van der Waals surface area contributed by atoms with E-state index in [-0.39, 0.29) is 18.6 Å². The van der Waals surface area contributed by atoms with Crippen LogP contribution in [0.5, 0.6) is 0 Å². The van der Waals surface area contributed by atoms with E-state index >= 15 is 0 Å². The molecule has 2 bridgehead atoms. The SMILES string of the molecule is NCc1cn(C[C@@H]2CC[C@@H]3CN2C(=O)N3OS(=O)(=O)O)nn1. The van der Waals surface area contributed by atoms with Gasteiger partial charge in [0.2, 0.25) is 0 Å².